The molecular weight excluding hydrogens is 280 g/mol. The van der Waals surface area contributed by atoms with Crippen LogP contribution in [0.1, 0.15) is 25.8 Å². The summed E-state index contributed by atoms with van der Waals surface area (Å²) in [4.78, 5) is 2.33. The van der Waals surface area contributed by atoms with Crippen LogP contribution in [-0.2, 0) is 6.54 Å². The van der Waals surface area contributed by atoms with Crippen LogP contribution in [0.5, 0.6) is 0 Å². The topological polar surface area (TPSA) is 49.5 Å². The molecule has 0 fully saturated rings. The molecule has 3 N–H and O–H groups in total. The maximum atomic E-state index is 8.90. The Hall–Kier alpha value is -0.580. The molecule has 0 saturated carbocycles. The Labute approximate surface area is 112 Å². The van der Waals surface area contributed by atoms with Crippen molar-refractivity contribution >= 4 is 21.6 Å². The van der Waals surface area contributed by atoms with Gasteiger partial charge in [0.2, 0.25) is 0 Å². The zero-order valence-corrected chi connectivity index (χ0v) is 12.1. The van der Waals surface area contributed by atoms with Gasteiger partial charge in [0, 0.05) is 35.9 Å². The monoisotopic (exact) mass is 300 g/mol. The molecule has 0 aliphatic heterocycles. The fraction of sp³-hybridized carbons (Fsp3) is 0.538. The second kappa shape index (κ2) is 6.99. The van der Waals surface area contributed by atoms with E-state index in [1.165, 1.54) is 5.56 Å². The number of halogens is 1. The number of hydrogen-bond donors (Lipinski definition) is 2. The summed E-state index contributed by atoms with van der Waals surface area (Å²) in [6, 6.07) is 6.45. The van der Waals surface area contributed by atoms with Crippen molar-refractivity contribution in [3.05, 3.63) is 28.2 Å². The molecule has 0 atom stereocenters. The number of aliphatic hydroxyl groups is 1. The molecule has 17 heavy (non-hydrogen) atoms. The molecular formula is C13H21BrN2O. The molecule has 0 aliphatic rings. The SMILES string of the molecule is CC(C)N(CCCO)Cc1cc(N)cc(Br)c1. The van der Waals surface area contributed by atoms with Gasteiger partial charge in [-0.05, 0) is 44.0 Å². The number of benzene rings is 1. The van der Waals surface area contributed by atoms with Crippen LogP contribution < -0.4 is 5.73 Å². The predicted molar refractivity (Wildman–Crippen MR) is 75.8 cm³/mol. The molecule has 4 heteroatoms. The third-order valence-electron chi connectivity index (χ3n) is 2.70. The summed E-state index contributed by atoms with van der Waals surface area (Å²) in [5, 5.41) is 8.90. The van der Waals surface area contributed by atoms with E-state index in [0.29, 0.717) is 6.04 Å². The van der Waals surface area contributed by atoms with Gasteiger partial charge in [-0.25, -0.2) is 0 Å². The van der Waals surface area contributed by atoms with E-state index in [9.17, 15) is 0 Å². The number of nitrogens with two attached hydrogens (primary N) is 1. The highest BCUT2D eigenvalue weighted by molar-refractivity contribution is 9.10. The van der Waals surface area contributed by atoms with Crippen molar-refractivity contribution in [3.63, 3.8) is 0 Å². The van der Waals surface area contributed by atoms with E-state index in [1.807, 2.05) is 12.1 Å². The highest BCUT2D eigenvalue weighted by Crippen LogP contribution is 2.19. The van der Waals surface area contributed by atoms with Crippen LogP contribution in [0, 0.1) is 0 Å². The first kappa shape index (κ1) is 14.5. The largest absolute Gasteiger partial charge is 0.399 e. The van der Waals surface area contributed by atoms with Gasteiger partial charge in [0.05, 0.1) is 0 Å². The fourth-order valence-electron chi connectivity index (χ4n) is 1.79. The Kier molecular flexibility index (Phi) is 5.95. The van der Waals surface area contributed by atoms with Crippen molar-refractivity contribution in [1.82, 2.24) is 4.90 Å². The standard InChI is InChI=1S/C13H21BrN2O/c1-10(2)16(4-3-5-17)9-11-6-12(14)8-13(15)7-11/h6-8,10,17H,3-5,9,15H2,1-2H3. The molecule has 0 bridgehead atoms. The number of anilines is 1. The summed E-state index contributed by atoms with van der Waals surface area (Å²) in [5.41, 5.74) is 7.80. The van der Waals surface area contributed by atoms with E-state index >= 15 is 0 Å². The second-order valence-electron chi connectivity index (χ2n) is 4.53. The molecule has 0 heterocycles. The van der Waals surface area contributed by atoms with Crippen LogP contribution in [0.4, 0.5) is 5.69 Å². The Balaban J connectivity index is 2.71. The van der Waals surface area contributed by atoms with Gasteiger partial charge in [0.25, 0.3) is 0 Å². The molecule has 0 spiro atoms. The van der Waals surface area contributed by atoms with Gasteiger partial charge in [-0.2, -0.15) is 0 Å². The van der Waals surface area contributed by atoms with Crippen LogP contribution in [0.2, 0.25) is 0 Å². The van der Waals surface area contributed by atoms with Gasteiger partial charge < -0.3 is 10.8 Å². The highest BCUT2D eigenvalue weighted by Gasteiger charge is 2.10. The summed E-state index contributed by atoms with van der Waals surface area (Å²) in [7, 11) is 0. The lowest BCUT2D eigenvalue weighted by Gasteiger charge is -2.26. The third kappa shape index (κ3) is 5.06. The molecule has 0 aromatic heterocycles. The summed E-state index contributed by atoms with van der Waals surface area (Å²) in [6.45, 7) is 6.34. The van der Waals surface area contributed by atoms with Gasteiger partial charge in [-0.1, -0.05) is 15.9 Å². The van der Waals surface area contributed by atoms with Gasteiger partial charge in [-0.3, -0.25) is 4.90 Å². The van der Waals surface area contributed by atoms with Gasteiger partial charge in [0.15, 0.2) is 0 Å². The average molecular weight is 301 g/mol. The molecule has 0 saturated heterocycles. The molecule has 1 aromatic carbocycles. The van der Waals surface area contributed by atoms with Gasteiger partial charge in [0.1, 0.15) is 0 Å². The lowest BCUT2D eigenvalue weighted by Crippen LogP contribution is -2.31. The number of aliphatic hydroxyl groups excluding tert-OH is 1. The third-order valence-corrected chi connectivity index (χ3v) is 3.16. The van der Waals surface area contributed by atoms with Crippen LogP contribution in [0.3, 0.4) is 0 Å². The Morgan fingerprint density at radius 3 is 2.59 bits per heavy atom. The lowest BCUT2D eigenvalue weighted by atomic mass is 10.1. The zero-order valence-electron chi connectivity index (χ0n) is 10.5. The first-order valence-electron chi connectivity index (χ1n) is 5.92. The summed E-state index contributed by atoms with van der Waals surface area (Å²) in [5.74, 6) is 0. The molecule has 1 aromatic rings. The van der Waals surface area contributed by atoms with E-state index in [1.54, 1.807) is 0 Å². The molecule has 1 rings (SSSR count). The lowest BCUT2D eigenvalue weighted by molar-refractivity contribution is 0.185. The first-order chi connectivity index (χ1) is 8.02. The molecule has 0 amide bonds. The maximum Gasteiger partial charge on any atom is 0.0443 e. The fourth-order valence-corrected chi connectivity index (χ4v) is 2.35. The van der Waals surface area contributed by atoms with Crippen molar-refractivity contribution in [2.45, 2.75) is 32.9 Å². The normalized spacial score (nSPS) is 11.4. The van der Waals surface area contributed by atoms with E-state index in [2.05, 4.69) is 40.7 Å². The number of rotatable bonds is 6. The molecule has 3 nitrogen and oxygen atoms in total. The molecule has 0 unspecified atom stereocenters. The highest BCUT2D eigenvalue weighted by atomic mass is 79.9. The van der Waals surface area contributed by atoms with Crippen molar-refractivity contribution in [3.8, 4) is 0 Å². The van der Waals surface area contributed by atoms with E-state index in [4.69, 9.17) is 10.8 Å². The van der Waals surface area contributed by atoms with Gasteiger partial charge >= 0.3 is 0 Å². The number of hydrogen-bond acceptors (Lipinski definition) is 3. The van der Waals surface area contributed by atoms with Crippen LogP contribution in [0.15, 0.2) is 22.7 Å². The van der Waals surface area contributed by atoms with Crippen LogP contribution >= 0.6 is 15.9 Å². The van der Waals surface area contributed by atoms with Crippen molar-refractivity contribution in [2.24, 2.45) is 0 Å². The van der Waals surface area contributed by atoms with Crippen LogP contribution in [-0.4, -0.2) is 29.2 Å². The van der Waals surface area contributed by atoms with Crippen LogP contribution in [0.25, 0.3) is 0 Å². The van der Waals surface area contributed by atoms with Crippen molar-refractivity contribution in [1.29, 1.82) is 0 Å². The van der Waals surface area contributed by atoms with E-state index < -0.39 is 0 Å². The molecule has 0 aliphatic carbocycles. The summed E-state index contributed by atoms with van der Waals surface area (Å²) < 4.78 is 1.01. The smallest absolute Gasteiger partial charge is 0.0443 e. The minimum Gasteiger partial charge on any atom is -0.399 e. The maximum absolute atomic E-state index is 8.90. The van der Waals surface area contributed by atoms with Crippen molar-refractivity contribution < 1.29 is 5.11 Å². The predicted octanol–water partition coefficient (Wildman–Crippen LogP) is 2.62. The Morgan fingerprint density at radius 2 is 2.06 bits per heavy atom. The quantitative estimate of drug-likeness (QED) is 0.794. The second-order valence-corrected chi connectivity index (χ2v) is 5.45. The van der Waals surface area contributed by atoms with Gasteiger partial charge in [-0.15, -0.1) is 0 Å². The number of nitrogen functional groups attached to an aromatic ring is 1. The Morgan fingerprint density at radius 1 is 1.35 bits per heavy atom. The molecule has 96 valence electrons. The average Bonchev–Trinajstić information content (AvgIpc) is 2.22. The minimum atomic E-state index is 0.240. The summed E-state index contributed by atoms with van der Waals surface area (Å²) in [6.07, 6.45) is 0.807. The van der Waals surface area contributed by atoms with E-state index in [0.717, 1.165) is 29.7 Å². The minimum absolute atomic E-state index is 0.240. The number of nitrogens with zero attached hydrogens (tertiary/aromatic N) is 1. The molecule has 0 radical (unpaired) electrons. The summed E-state index contributed by atoms with van der Waals surface area (Å²) >= 11 is 3.45. The van der Waals surface area contributed by atoms with E-state index in [-0.39, 0.29) is 6.61 Å². The first-order valence-corrected chi connectivity index (χ1v) is 6.72. The Bertz CT molecular complexity index is 335. The van der Waals surface area contributed by atoms with Crippen molar-refractivity contribution in [2.75, 3.05) is 18.9 Å². The zero-order chi connectivity index (χ0) is 12.8.